The van der Waals surface area contributed by atoms with Gasteiger partial charge >= 0.3 is 0 Å². The predicted octanol–water partition coefficient (Wildman–Crippen LogP) is 2.61. The molecule has 0 aliphatic heterocycles. The lowest BCUT2D eigenvalue weighted by Gasteiger charge is -2.06. The van der Waals surface area contributed by atoms with Crippen LogP contribution in [0.25, 0.3) is 0 Å². The van der Waals surface area contributed by atoms with E-state index < -0.39 is 33.0 Å². The first-order valence-corrected chi connectivity index (χ1v) is 7.72. The summed E-state index contributed by atoms with van der Waals surface area (Å²) in [5.41, 5.74) is -0.132. The van der Waals surface area contributed by atoms with Crippen LogP contribution in [-0.2, 0) is 9.84 Å². The molecule has 0 spiro atoms. The molecular formula is C13H16F2O3S. The van der Waals surface area contributed by atoms with Crippen molar-refractivity contribution in [3.05, 3.63) is 35.4 Å². The molecule has 0 saturated carbocycles. The Morgan fingerprint density at radius 1 is 1.21 bits per heavy atom. The van der Waals surface area contributed by atoms with Crippen molar-refractivity contribution in [1.82, 2.24) is 0 Å². The molecule has 19 heavy (non-hydrogen) atoms. The van der Waals surface area contributed by atoms with E-state index in [1.807, 2.05) is 13.8 Å². The van der Waals surface area contributed by atoms with Crippen molar-refractivity contribution in [2.24, 2.45) is 5.92 Å². The normalized spacial score (nSPS) is 11.8. The monoisotopic (exact) mass is 290 g/mol. The van der Waals surface area contributed by atoms with Gasteiger partial charge in [-0.2, -0.15) is 0 Å². The highest BCUT2D eigenvalue weighted by atomic mass is 32.2. The van der Waals surface area contributed by atoms with Gasteiger partial charge in [-0.1, -0.05) is 13.8 Å². The molecule has 0 aromatic heterocycles. The minimum Gasteiger partial charge on any atom is -0.293 e. The smallest absolute Gasteiger partial charge is 0.177 e. The van der Waals surface area contributed by atoms with Gasteiger partial charge in [0.15, 0.2) is 27.3 Å². The van der Waals surface area contributed by atoms with Gasteiger partial charge in [0.05, 0.1) is 5.75 Å². The number of hydrogen-bond acceptors (Lipinski definition) is 3. The molecule has 0 saturated heterocycles. The van der Waals surface area contributed by atoms with Crippen LogP contribution in [0.4, 0.5) is 8.78 Å². The van der Waals surface area contributed by atoms with E-state index in [1.54, 1.807) is 0 Å². The van der Waals surface area contributed by atoms with Gasteiger partial charge in [0, 0.05) is 5.56 Å². The highest BCUT2D eigenvalue weighted by Gasteiger charge is 2.19. The number of halogens is 2. The molecule has 0 atom stereocenters. The van der Waals surface area contributed by atoms with Crippen LogP contribution in [0.15, 0.2) is 18.2 Å². The third-order valence-corrected chi connectivity index (χ3v) is 4.16. The first-order valence-electron chi connectivity index (χ1n) is 5.90. The van der Waals surface area contributed by atoms with Gasteiger partial charge in [0.25, 0.3) is 0 Å². The van der Waals surface area contributed by atoms with Crippen molar-refractivity contribution in [3.63, 3.8) is 0 Å². The topological polar surface area (TPSA) is 51.2 Å². The molecule has 0 bridgehead atoms. The van der Waals surface area contributed by atoms with E-state index >= 15 is 0 Å². The Hall–Kier alpha value is -1.30. The second kappa shape index (κ2) is 6.23. The third-order valence-electron chi connectivity index (χ3n) is 2.60. The Morgan fingerprint density at radius 3 is 2.37 bits per heavy atom. The zero-order valence-electron chi connectivity index (χ0n) is 10.8. The molecule has 0 aliphatic rings. The minimum atomic E-state index is -3.51. The number of rotatable bonds is 6. The third kappa shape index (κ3) is 5.06. The van der Waals surface area contributed by atoms with Crippen LogP contribution < -0.4 is 0 Å². The van der Waals surface area contributed by atoms with Crippen LogP contribution in [0.5, 0.6) is 0 Å². The molecule has 0 radical (unpaired) electrons. The number of hydrogen-bond donors (Lipinski definition) is 0. The molecule has 0 fully saturated rings. The van der Waals surface area contributed by atoms with Crippen molar-refractivity contribution in [2.75, 3.05) is 11.5 Å². The second-order valence-corrected chi connectivity index (χ2v) is 7.01. The zero-order valence-corrected chi connectivity index (χ0v) is 11.6. The lowest BCUT2D eigenvalue weighted by atomic mass is 10.1. The fourth-order valence-electron chi connectivity index (χ4n) is 1.44. The summed E-state index contributed by atoms with van der Waals surface area (Å²) in [7, 11) is -3.51. The Labute approximate surface area is 111 Å². The number of Topliss-reactive ketones (excluding diaryl/α,β-unsaturated/α-hetero) is 1. The lowest BCUT2D eigenvalue weighted by Crippen LogP contribution is -2.20. The number of carbonyl (C=O) groups excluding carboxylic acids is 1. The Bertz CT molecular complexity index is 565. The van der Waals surface area contributed by atoms with Crippen LogP contribution in [0.3, 0.4) is 0 Å². The summed E-state index contributed by atoms with van der Waals surface area (Å²) >= 11 is 0. The standard InChI is InChI=1S/C13H16F2O3S/c1-9(2)5-6-19(17,18)8-13(16)10-3-4-11(14)12(15)7-10/h3-4,7,9H,5-6,8H2,1-2H3. The number of carbonyl (C=O) groups is 1. The summed E-state index contributed by atoms with van der Waals surface area (Å²) in [5.74, 6) is -3.49. The largest absolute Gasteiger partial charge is 0.293 e. The van der Waals surface area contributed by atoms with E-state index in [9.17, 15) is 22.0 Å². The predicted molar refractivity (Wildman–Crippen MR) is 68.8 cm³/mol. The molecule has 0 unspecified atom stereocenters. The van der Waals surface area contributed by atoms with Gasteiger partial charge in [0.2, 0.25) is 0 Å². The van der Waals surface area contributed by atoms with Gasteiger partial charge in [-0.15, -0.1) is 0 Å². The average Bonchev–Trinajstić information content (AvgIpc) is 2.29. The van der Waals surface area contributed by atoms with Crippen LogP contribution in [0.2, 0.25) is 0 Å². The van der Waals surface area contributed by atoms with Crippen molar-refractivity contribution in [3.8, 4) is 0 Å². The fourth-order valence-corrected chi connectivity index (χ4v) is 2.98. The fraction of sp³-hybridized carbons (Fsp3) is 0.462. The van der Waals surface area contributed by atoms with Gasteiger partial charge in [-0.3, -0.25) is 4.79 Å². The second-order valence-electron chi connectivity index (χ2n) is 4.83. The Kier molecular flexibility index (Phi) is 5.17. The quantitative estimate of drug-likeness (QED) is 0.757. The number of benzene rings is 1. The maximum atomic E-state index is 12.9. The molecule has 0 aliphatic carbocycles. The van der Waals surface area contributed by atoms with E-state index in [0.29, 0.717) is 6.42 Å². The van der Waals surface area contributed by atoms with Gasteiger partial charge < -0.3 is 0 Å². The minimum absolute atomic E-state index is 0.0833. The van der Waals surface area contributed by atoms with Crippen LogP contribution in [-0.4, -0.2) is 25.7 Å². The summed E-state index contributed by atoms with van der Waals surface area (Å²) in [5, 5.41) is 0. The first kappa shape index (κ1) is 15.8. The summed E-state index contributed by atoms with van der Waals surface area (Å²) < 4.78 is 49.0. The van der Waals surface area contributed by atoms with Crippen LogP contribution in [0, 0.1) is 17.6 Å². The van der Waals surface area contributed by atoms with Crippen molar-refractivity contribution in [2.45, 2.75) is 20.3 Å². The van der Waals surface area contributed by atoms with E-state index in [1.165, 1.54) is 0 Å². The van der Waals surface area contributed by atoms with Crippen molar-refractivity contribution < 1.29 is 22.0 Å². The maximum absolute atomic E-state index is 12.9. The summed E-state index contributed by atoms with van der Waals surface area (Å²) in [6.45, 7) is 3.76. The first-order chi connectivity index (χ1) is 8.71. The highest BCUT2D eigenvalue weighted by Crippen LogP contribution is 2.11. The van der Waals surface area contributed by atoms with E-state index in [0.717, 1.165) is 18.2 Å². The summed E-state index contributed by atoms with van der Waals surface area (Å²) in [6, 6.07) is 2.61. The molecule has 1 aromatic rings. The van der Waals surface area contributed by atoms with Crippen LogP contribution >= 0.6 is 0 Å². The molecular weight excluding hydrogens is 274 g/mol. The summed E-state index contributed by atoms with van der Waals surface area (Å²) in [4.78, 5) is 11.7. The average molecular weight is 290 g/mol. The van der Waals surface area contributed by atoms with Gasteiger partial charge in [0.1, 0.15) is 5.75 Å². The summed E-state index contributed by atoms with van der Waals surface area (Å²) in [6.07, 6.45) is 0.466. The van der Waals surface area contributed by atoms with E-state index in [4.69, 9.17) is 0 Å². The highest BCUT2D eigenvalue weighted by molar-refractivity contribution is 7.92. The van der Waals surface area contributed by atoms with E-state index in [-0.39, 0.29) is 17.2 Å². The molecule has 1 aromatic carbocycles. The molecule has 6 heteroatoms. The van der Waals surface area contributed by atoms with E-state index in [2.05, 4.69) is 0 Å². The zero-order chi connectivity index (χ0) is 14.6. The van der Waals surface area contributed by atoms with Gasteiger partial charge in [-0.25, -0.2) is 17.2 Å². The number of ketones is 1. The molecule has 0 N–H and O–H groups in total. The molecule has 0 amide bonds. The lowest BCUT2D eigenvalue weighted by molar-refractivity contribution is 0.102. The Balaban J connectivity index is 2.76. The van der Waals surface area contributed by atoms with Crippen LogP contribution in [0.1, 0.15) is 30.6 Å². The SMILES string of the molecule is CC(C)CCS(=O)(=O)CC(=O)c1ccc(F)c(F)c1. The molecule has 106 valence electrons. The van der Waals surface area contributed by atoms with Crippen molar-refractivity contribution >= 4 is 15.6 Å². The molecule has 0 heterocycles. The molecule has 3 nitrogen and oxygen atoms in total. The van der Waals surface area contributed by atoms with Crippen molar-refractivity contribution in [1.29, 1.82) is 0 Å². The maximum Gasteiger partial charge on any atom is 0.177 e. The van der Waals surface area contributed by atoms with Gasteiger partial charge in [-0.05, 0) is 30.5 Å². The molecule has 1 rings (SSSR count). The Morgan fingerprint density at radius 2 is 1.84 bits per heavy atom. The number of sulfone groups is 1.